The summed E-state index contributed by atoms with van der Waals surface area (Å²) in [6, 6.07) is 8.49. The number of nitrogens with zero attached hydrogens (tertiary/aromatic N) is 1. The van der Waals surface area contributed by atoms with Crippen LogP contribution in [0.3, 0.4) is 0 Å². The standard InChI is InChI=1S/C14H19NO2S/c1-14(13(16)17)7-8-15(10-14)9-11-3-5-12(18-2)6-4-11/h3-6H,7-10H2,1-2H3,(H,16,17). The summed E-state index contributed by atoms with van der Waals surface area (Å²) in [5.74, 6) is -0.678. The molecule has 98 valence electrons. The average molecular weight is 265 g/mol. The largest absolute Gasteiger partial charge is 0.481 e. The van der Waals surface area contributed by atoms with Crippen LogP contribution >= 0.6 is 11.8 Å². The van der Waals surface area contributed by atoms with Gasteiger partial charge in [0.15, 0.2) is 0 Å². The Balaban J connectivity index is 1.97. The Morgan fingerprint density at radius 2 is 2.11 bits per heavy atom. The fourth-order valence-electron chi connectivity index (χ4n) is 2.36. The van der Waals surface area contributed by atoms with Crippen LogP contribution in [0.5, 0.6) is 0 Å². The summed E-state index contributed by atoms with van der Waals surface area (Å²) in [7, 11) is 0. The molecule has 0 bridgehead atoms. The first kappa shape index (κ1) is 13.4. The lowest BCUT2D eigenvalue weighted by atomic mass is 9.90. The Morgan fingerprint density at radius 3 is 2.61 bits per heavy atom. The zero-order valence-corrected chi connectivity index (χ0v) is 11.7. The van der Waals surface area contributed by atoms with E-state index in [9.17, 15) is 9.90 Å². The van der Waals surface area contributed by atoms with Crippen molar-refractivity contribution < 1.29 is 9.90 Å². The van der Waals surface area contributed by atoms with Crippen molar-refractivity contribution in [3.63, 3.8) is 0 Å². The highest BCUT2D eigenvalue weighted by Gasteiger charge is 2.40. The number of benzene rings is 1. The fourth-order valence-corrected chi connectivity index (χ4v) is 2.76. The quantitative estimate of drug-likeness (QED) is 0.850. The van der Waals surface area contributed by atoms with Gasteiger partial charge in [-0.15, -0.1) is 11.8 Å². The number of carboxylic acids is 1. The number of carbonyl (C=O) groups is 1. The zero-order valence-electron chi connectivity index (χ0n) is 10.8. The molecule has 1 aromatic rings. The minimum Gasteiger partial charge on any atom is -0.481 e. The lowest BCUT2D eigenvalue weighted by Gasteiger charge is -2.20. The Hall–Kier alpha value is -1.00. The normalized spacial score (nSPS) is 24.3. The molecule has 1 heterocycles. The maximum absolute atomic E-state index is 11.2. The first-order valence-corrected chi connectivity index (χ1v) is 7.35. The van der Waals surface area contributed by atoms with Gasteiger partial charge in [0.05, 0.1) is 5.41 Å². The van der Waals surface area contributed by atoms with Gasteiger partial charge in [-0.2, -0.15) is 0 Å². The first-order chi connectivity index (χ1) is 8.53. The third-order valence-electron chi connectivity index (χ3n) is 3.63. The molecule has 1 N–H and O–H groups in total. The first-order valence-electron chi connectivity index (χ1n) is 6.12. The molecule has 1 saturated heterocycles. The summed E-state index contributed by atoms with van der Waals surface area (Å²) in [4.78, 5) is 14.7. The van der Waals surface area contributed by atoms with E-state index in [1.54, 1.807) is 11.8 Å². The molecule has 1 atom stereocenters. The predicted molar refractivity (Wildman–Crippen MR) is 73.9 cm³/mol. The van der Waals surface area contributed by atoms with E-state index in [0.717, 1.165) is 19.5 Å². The Morgan fingerprint density at radius 1 is 1.44 bits per heavy atom. The molecule has 1 aliphatic rings. The molecule has 2 rings (SSSR count). The summed E-state index contributed by atoms with van der Waals surface area (Å²) in [6.07, 6.45) is 2.80. The Kier molecular flexibility index (Phi) is 3.97. The van der Waals surface area contributed by atoms with Crippen LogP contribution in [0.15, 0.2) is 29.2 Å². The number of hydrogen-bond acceptors (Lipinski definition) is 3. The molecule has 0 spiro atoms. The van der Waals surface area contributed by atoms with Crippen LogP contribution in [0.2, 0.25) is 0 Å². The minimum absolute atomic E-state index is 0.570. The van der Waals surface area contributed by atoms with Crippen LogP contribution < -0.4 is 0 Å². The van der Waals surface area contributed by atoms with Gasteiger partial charge in [-0.1, -0.05) is 12.1 Å². The molecule has 4 heteroatoms. The highest BCUT2D eigenvalue weighted by Crippen LogP contribution is 2.31. The monoisotopic (exact) mass is 265 g/mol. The summed E-state index contributed by atoms with van der Waals surface area (Å²) >= 11 is 1.73. The number of aliphatic carboxylic acids is 1. The van der Waals surface area contributed by atoms with E-state index in [1.165, 1.54) is 10.5 Å². The van der Waals surface area contributed by atoms with E-state index >= 15 is 0 Å². The third-order valence-corrected chi connectivity index (χ3v) is 4.38. The topological polar surface area (TPSA) is 40.5 Å². The van der Waals surface area contributed by atoms with Crippen LogP contribution in [0.4, 0.5) is 0 Å². The van der Waals surface area contributed by atoms with Crippen LogP contribution in [0.25, 0.3) is 0 Å². The van der Waals surface area contributed by atoms with Gasteiger partial charge in [0.2, 0.25) is 0 Å². The van der Waals surface area contributed by atoms with Gasteiger partial charge < -0.3 is 5.11 Å². The lowest BCUT2D eigenvalue weighted by molar-refractivity contribution is -0.147. The van der Waals surface area contributed by atoms with Crippen LogP contribution in [-0.4, -0.2) is 35.3 Å². The lowest BCUT2D eigenvalue weighted by Crippen LogP contribution is -2.31. The van der Waals surface area contributed by atoms with Crippen molar-refractivity contribution in [3.05, 3.63) is 29.8 Å². The van der Waals surface area contributed by atoms with Gasteiger partial charge in [-0.3, -0.25) is 9.69 Å². The van der Waals surface area contributed by atoms with Crippen LogP contribution in [0, 0.1) is 5.41 Å². The van der Waals surface area contributed by atoms with Crippen LogP contribution in [-0.2, 0) is 11.3 Å². The SMILES string of the molecule is CSc1ccc(CN2CCC(C)(C(=O)O)C2)cc1. The number of hydrogen-bond donors (Lipinski definition) is 1. The third kappa shape index (κ3) is 2.87. The van der Waals surface area contributed by atoms with Gasteiger partial charge in [-0.25, -0.2) is 0 Å². The molecule has 0 aliphatic carbocycles. The summed E-state index contributed by atoms with van der Waals surface area (Å²) in [6.45, 7) is 4.20. The second-order valence-corrected chi connectivity index (χ2v) is 6.05. The van der Waals surface area contributed by atoms with E-state index < -0.39 is 11.4 Å². The van der Waals surface area contributed by atoms with Crippen molar-refractivity contribution in [1.82, 2.24) is 4.90 Å². The van der Waals surface area contributed by atoms with E-state index in [2.05, 4.69) is 35.4 Å². The second-order valence-electron chi connectivity index (χ2n) is 5.17. The highest BCUT2D eigenvalue weighted by molar-refractivity contribution is 7.98. The number of carboxylic acid groups (broad SMARTS) is 1. The molecule has 18 heavy (non-hydrogen) atoms. The summed E-state index contributed by atoms with van der Waals surface area (Å²) in [5, 5.41) is 9.20. The molecule has 0 radical (unpaired) electrons. The highest BCUT2D eigenvalue weighted by atomic mass is 32.2. The predicted octanol–water partition coefficient (Wildman–Crippen LogP) is 2.71. The minimum atomic E-state index is -0.678. The molecule has 0 amide bonds. The summed E-state index contributed by atoms with van der Waals surface area (Å²) in [5.41, 5.74) is 0.682. The zero-order chi connectivity index (χ0) is 13.2. The molecule has 1 unspecified atom stereocenters. The van der Waals surface area contributed by atoms with Crippen molar-refractivity contribution in [2.45, 2.75) is 24.8 Å². The van der Waals surface area contributed by atoms with Gasteiger partial charge in [0.1, 0.15) is 0 Å². The van der Waals surface area contributed by atoms with E-state index in [-0.39, 0.29) is 0 Å². The molecule has 0 aromatic heterocycles. The van der Waals surface area contributed by atoms with Gasteiger partial charge in [0.25, 0.3) is 0 Å². The van der Waals surface area contributed by atoms with Crippen molar-refractivity contribution in [1.29, 1.82) is 0 Å². The number of likely N-dealkylation sites (tertiary alicyclic amines) is 1. The second kappa shape index (κ2) is 5.33. The maximum Gasteiger partial charge on any atom is 0.310 e. The average Bonchev–Trinajstić information content (AvgIpc) is 2.73. The molecule has 1 fully saturated rings. The van der Waals surface area contributed by atoms with Gasteiger partial charge >= 0.3 is 5.97 Å². The van der Waals surface area contributed by atoms with Gasteiger partial charge in [-0.05, 0) is 43.8 Å². The molecular formula is C14H19NO2S. The van der Waals surface area contributed by atoms with E-state index in [4.69, 9.17) is 0 Å². The fraction of sp³-hybridized carbons (Fsp3) is 0.500. The molecule has 1 aromatic carbocycles. The van der Waals surface area contributed by atoms with Crippen LogP contribution in [0.1, 0.15) is 18.9 Å². The van der Waals surface area contributed by atoms with Crippen molar-refractivity contribution in [2.75, 3.05) is 19.3 Å². The van der Waals surface area contributed by atoms with E-state index in [1.807, 2.05) is 6.92 Å². The smallest absolute Gasteiger partial charge is 0.310 e. The van der Waals surface area contributed by atoms with Crippen molar-refractivity contribution in [2.24, 2.45) is 5.41 Å². The molecule has 1 aliphatic heterocycles. The summed E-state index contributed by atoms with van der Waals surface area (Å²) < 4.78 is 0. The number of rotatable bonds is 4. The number of thioether (sulfide) groups is 1. The van der Waals surface area contributed by atoms with Gasteiger partial charge in [0, 0.05) is 18.0 Å². The van der Waals surface area contributed by atoms with Crippen molar-refractivity contribution >= 4 is 17.7 Å². The molecule has 0 saturated carbocycles. The molecule has 3 nitrogen and oxygen atoms in total. The van der Waals surface area contributed by atoms with Crippen molar-refractivity contribution in [3.8, 4) is 0 Å². The van der Waals surface area contributed by atoms with E-state index in [0.29, 0.717) is 6.54 Å². The maximum atomic E-state index is 11.2. The Bertz CT molecular complexity index is 432. The Labute approximate surface area is 112 Å². The molecular weight excluding hydrogens is 246 g/mol.